The molecule has 1 saturated carbocycles. The van der Waals surface area contributed by atoms with Gasteiger partial charge in [0.1, 0.15) is 17.6 Å². The lowest BCUT2D eigenvalue weighted by molar-refractivity contribution is 0.137. The highest BCUT2D eigenvalue weighted by atomic mass is 32.2. The van der Waals surface area contributed by atoms with Crippen molar-refractivity contribution >= 4 is 22.3 Å². The van der Waals surface area contributed by atoms with Crippen LogP contribution in [0.3, 0.4) is 0 Å². The summed E-state index contributed by atoms with van der Waals surface area (Å²) in [5.41, 5.74) is 2.54. The molecule has 222 valence electrons. The highest BCUT2D eigenvalue weighted by molar-refractivity contribution is 7.86. The van der Waals surface area contributed by atoms with E-state index in [-0.39, 0.29) is 6.10 Å². The van der Waals surface area contributed by atoms with Crippen LogP contribution in [-0.4, -0.2) is 29.1 Å². The van der Waals surface area contributed by atoms with Gasteiger partial charge in [0.25, 0.3) is 0 Å². The first-order chi connectivity index (χ1) is 20.4. The fraction of sp³-hybridized carbons (Fsp3) is 0.314. The normalized spacial score (nSPS) is 18.0. The van der Waals surface area contributed by atoms with Crippen LogP contribution in [0.2, 0.25) is 0 Å². The average molecular weight is 605 g/mol. The maximum atomic E-state index is 12.5. The topological polar surface area (TPSA) is 67.8 Å². The van der Waals surface area contributed by atoms with Crippen molar-refractivity contribution in [3.05, 3.63) is 114 Å². The maximum Gasteiger partial charge on any atom is 0.189 e. The molecule has 0 spiro atoms. The van der Waals surface area contributed by atoms with E-state index < -0.39 is 22.3 Å². The molecule has 5 nitrogen and oxygen atoms in total. The summed E-state index contributed by atoms with van der Waals surface area (Å²) in [5, 5.41) is 0. The van der Waals surface area contributed by atoms with Crippen LogP contribution in [-0.2, 0) is 26.4 Å². The monoisotopic (exact) mass is 604 g/mol. The van der Waals surface area contributed by atoms with E-state index in [0.29, 0.717) is 16.7 Å². The van der Waals surface area contributed by atoms with Crippen LogP contribution in [0.15, 0.2) is 118 Å². The van der Waals surface area contributed by atoms with Crippen LogP contribution in [0.1, 0.15) is 62.5 Å². The van der Waals surface area contributed by atoms with Crippen LogP contribution in [0.4, 0.5) is 0 Å². The Balaban J connectivity index is 0.000000197. The minimum atomic E-state index is -1.44. The molecule has 0 aliphatic heterocycles. The number of benzene rings is 4. The smallest absolute Gasteiger partial charge is 0.189 e. The van der Waals surface area contributed by atoms with E-state index in [9.17, 15) is 8.76 Å². The van der Waals surface area contributed by atoms with Gasteiger partial charge >= 0.3 is 0 Å². The number of rotatable bonds is 9. The Kier molecular flexibility index (Phi) is 12.1. The van der Waals surface area contributed by atoms with E-state index in [4.69, 9.17) is 13.7 Å². The number of hydrogen-bond donors (Lipinski definition) is 0. The second-order valence-electron chi connectivity index (χ2n) is 10.5. The molecule has 0 aromatic heterocycles. The lowest BCUT2D eigenvalue weighted by Gasteiger charge is -2.30. The van der Waals surface area contributed by atoms with Crippen molar-refractivity contribution in [3.8, 4) is 11.5 Å². The second-order valence-corrected chi connectivity index (χ2v) is 13.1. The standard InChI is InChI=1S/C19H22O3S.C16H18O2S/c1-21-16-11-13-17(14-12-16)23(20)22-19-10-6-5-9-18(19)15-7-3-2-4-8-15;1-12(2)13-4-8-15(9-5-13)19(17)16-10-6-14(18-3)7-11-16/h2-4,7-8,11-14,18-19H,5-6,9-10H2,1H3;4-12H,1-3H3. The Morgan fingerprint density at radius 2 is 1.26 bits per heavy atom. The van der Waals surface area contributed by atoms with Crippen molar-refractivity contribution in [2.24, 2.45) is 0 Å². The molecule has 4 atom stereocenters. The third-order valence-corrected chi connectivity index (χ3v) is 9.91. The van der Waals surface area contributed by atoms with Gasteiger partial charge in [-0.2, -0.15) is 4.18 Å². The number of ether oxygens (including phenoxy) is 2. The molecular weight excluding hydrogens is 565 g/mol. The zero-order valence-electron chi connectivity index (χ0n) is 24.7. The summed E-state index contributed by atoms with van der Waals surface area (Å²) in [5.74, 6) is 2.34. The van der Waals surface area contributed by atoms with Gasteiger partial charge in [-0.05, 0) is 78.4 Å². The summed E-state index contributed by atoms with van der Waals surface area (Å²) in [6, 6.07) is 32.9. The van der Waals surface area contributed by atoms with E-state index in [1.165, 1.54) is 17.5 Å². The molecule has 1 aliphatic carbocycles. The summed E-state index contributed by atoms with van der Waals surface area (Å²) in [7, 11) is 2.11. The molecule has 42 heavy (non-hydrogen) atoms. The van der Waals surface area contributed by atoms with E-state index in [1.54, 1.807) is 26.4 Å². The number of hydrogen-bond acceptors (Lipinski definition) is 5. The van der Waals surface area contributed by atoms with Crippen LogP contribution in [0.5, 0.6) is 11.5 Å². The average Bonchev–Trinajstić information content (AvgIpc) is 3.05. The van der Waals surface area contributed by atoms with Crippen molar-refractivity contribution in [1.29, 1.82) is 0 Å². The highest BCUT2D eigenvalue weighted by Gasteiger charge is 2.32. The molecule has 4 aromatic rings. The van der Waals surface area contributed by atoms with E-state index in [1.807, 2.05) is 66.7 Å². The largest absolute Gasteiger partial charge is 0.581 e. The Morgan fingerprint density at radius 3 is 1.81 bits per heavy atom. The predicted molar refractivity (Wildman–Crippen MR) is 170 cm³/mol. The molecule has 4 aromatic carbocycles. The molecule has 4 unspecified atom stereocenters. The third-order valence-electron chi connectivity index (χ3n) is 7.43. The zero-order chi connectivity index (χ0) is 29.9. The zero-order valence-corrected chi connectivity index (χ0v) is 26.4. The SMILES string of the molecule is COc1ccc(S(=O)c2ccc(C(C)C)cc2)cc1.COc1ccc([S+]([O-])OC2CCCCC2c2ccccc2)cc1. The number of methoxy groups -OCH3 is 2. The lowest BCUT2D eigenvalue weighted by Crippen LogP contribution is -2.28. The van der Waals surface area contributed by atoms with E-state index >= 15 is 0 Å². The second kappa shape index (κ2) is 15.9. The third kappa shape index (κ3) is 8.71. The minimum absolute atomic E-state index is 0.00841. The van der Waals surface area contributed by atoms with Gasteiger partial charge in [-0.3, -0.25) is 0 Å². The maximum absolute atomic E-state index is 12.5. The molecule has 1 aliphatic rings. The summed E-state index contributed by atoms with van der Waals surface area (Å²) in [4.78, 5) is 2.30. The summed E-state index contributed by atoms with van der Waals surface area (Å²) in [6.07, 6.45) is 4.40. The Hall–Kier alpha value is -3.10. The van der Waals surface area contributed by atoms with Crippen molar-refractivity contribution in [2.75, 3.05) is 14.2 Å². The Labute approximate surface area is 256 Å². The molecule has 0 bridgehead atoms. The highest BCUT2D eigenvalue weighted by Crippen LogP contribution is 2.36. The molecule has 0 N–H and O–H groups in total. The van der Waals surface area contributed by atoms with Crippen LogP contribution in [0, 0.1) is 0 Å². The van der Waals surface area contributed by atoms with E-state index in [2.05, 4.69) is 38.1 Å². The predicted octanol–water partition coefficient (Wildman–Crippen LogP) is 8.45. The summed E-state index contributed by atoms with van der Waals surface area (Å²) in [6.45, 7) is 4.30. The molecule has 0 radical (unpaired) electrons. The van der Waals surface area contributed by atoms with Crippen LogP contribution in [0.25, 0.3) is 0 Å². The van der Waals surface area contributed by atoms with Gasteiger partial charge in [-0.1, -0.05) is 69.2 Å². The summed E-state index contributed by atoms with van der Waals surface area (Å²) >= 11 is -1.44. The van der Waals surface area contributed by atoms with Gasteiger partial charge in [-0.25, -0.2) is 4.21 Å². The summed E-state index contributed by atoms with van der Waals surface area (Å²) < 4.78 is 41.1. The first-order valence-corrected chi connectivity index (χ1v) is 16.6. The van der Waals surface area contributed by atoms with Gasteiger partial charge in [0.05, 0.1) is 25.0 Å². The first kappa shape index (κ1) is 31.8. The Bertz CT molecular complexity index is 1370. The van der Waals surface area contributed by atoms with Gasteiger partial charge in [0.2, 0.25) is 0 Å². The van der Waals surface area contributed by atoms with E-state index in [0.717, 1.165) is 40.6 Å². The molecule has 5 rings (SSSR count). The van der Waals surface area contributed by atoms with Crippen LogP contribution >= 0.6 is 0 Å². The fourth-order valence-corrected chi connectivity index (χ4v) is 6.92. The Morgan fingerprint density at radius 1 is 0.738 bits per heavy atom. The fourth-order valence-electron chi connectivity index (χ4n) is 4.96. The van der Waals surface area contributed by atoms with Gasteiger partial charge in [-0.15, -0.1) is 0 Å². The lowest BCUT2D eigenvalue weighted by atomic mass is 9.82. The van der Waals surface area contributed by atoms with Gasteiger partial charge < -0.3 is 14.0 Å². The molecule has 0 heterocycles. The van der Waals surface area contributed by atoms with Crippen molar-refractivity contribution in [1.82, 2.24) is 0 Å². The van der Waals surface area contributed by atoms with Crippen LogP contribution < -0.4 is 9.47 Å². The van der Waals surface area contributed by atoms with Gasteiger partial charge in [0.15, 0.2) is 16.4 Å². The molecule has 7 heteroatoms. The first-order valence-electron chi connectivity index (χ1n) is 14.3. The van der Waals surface area contributed by atoms with Crippen molar-refractivity contribution in [3.63, 3.8) is 0 Å². The quantitative estimate of drug-likeness (QED) is 0.179. The molecule has 0 amide bonds. The molecule has 0 saturated heterocycles. The minimum Gasteiger partial charge on any atom is -0.581 e. The molecule has 1 fully saturated rings. The van der Waals surface area contributed by atoms with Crippen molar-refractivity contribution in [2.45, 2.75) is 72.2 Å². The van der Waals surface area contributed by atoms with Gasteiger partial charge in [0, 0.05) is 27.8 Å². The van der Waals surface area contributed by atoms with Crippen molar-refractivity contribution < 1.29 is 22.4 Å². The molecular formula is C35H40O5S2.